The Morgan fingerprint density at radius 2 is 2.22 bits per heavy atom. The van der Waals surface area contributed by atoms with Crippen molar-refractivity contribution in [2.45, 2.75) is 58.7 Å². The Hall–Kier alpha value is -1.47. The molecular formula is C19H28O4. The topological polar surface area (TPSA) is 55.8 Å². The van der Waals surface area contributed by atoms with E-state index in [-0.39, 0.29) is 18.4 Å². The number of aliphatic hydroxyl groups is 1. The molecule has 0 saturated heterocycles. The molecule has 2 aliphatic carbocycles. The molecule has 2 aliphatic rings. The van der Waals surface area contributed by atoms with Gasteiger partial charge in [-0.2, -0.15) is 0 Å². The molecule has 1 saturated carbocycles. The highest BCUT2D eigenvalue weighted by atomic mass is 16.7. The number of hydrogen-bond acceptors (Lipinski definition) is 4. The highest BCUT2D eigenvalue weighted by Gasteiger charge is 2.52. The molecule has 2 rings (SSSR count). The second kappa shape index (κ2) is 6.97. The lowest BCUT2D eigenvalue weighted by Crippen LogP contribution is -2.55. The molecule has 128 valence electrons. The summed E-state index contributed by atoms with van der Waals surface area (Å²) in [6, 6.07) is 0. The van der Waals surface area contributed by atoms with Crippen LogP contribution in [0, 0.1) is 36.0 Å². The van der Waals surface area contributed by atoms with Crippen LogP contribution in [0.1, 0.15) is 47.0 Å². The number of rotatable bonds is 3. The van der Waals surface area contributed by atoms with Gasteiger partial charge < -0.3 is 14.6 Å². The van der Waals surface area contributed by atoms with E-state index >= 15 is 0 Å². The van der Waals surface area contributed by atoms with Gasteiger partial charge in [-0.3, -0.25) is 0 Å². The van der Waals surface area contributed by atoms with Gasteiger partial charge in [0.25, 0.3) is 0 Å². The number of carbonyl (C=O) groups excluding carboxylic acids is 1. The van der Waals surface area contributed by atoms with Crippen LogP contribution in [0.15, 0.2) is 11.6 Å². The highest BCUT2D eigenvalue weighted by Crippen LogP contribution is 2.51. The SMILES string of the molecule is C#CCOC(=O)O[C@@H]1C[C@@]2(O)[C@H](C)CC[C@@H](C(C)C)[C@H]2C=C1C. The third-order valence-corrected chi connectivity index (χ3v) is 5.66. The predicted molar refractivity (Wildman–Crippen MR) is 88.6 cm³/mol. The first kappa shape index (κ1) is 17.9. The Morgan fingerprint density at radius 3 is 2.83 bits per heavy atom. The van der Waals surface area contributed by atoms with Gasteiger partial charge in [0.1, 0.15) is 6.10 Å². The van der Waals surface area contributed by atoms with Crippen LogP contribution < -0.4 is 0 Å². The summed E-state index contributed by atoms with van der Waals surface area (Å²) in [5, 5.41) is 11.3. The predicted octanol–water partition coefficient (Wildman–Crippen LogP) is 3.54. The zero-order valence-electron chi connectivity index (χ0n) is 14.5. The average Bonchev–Trinajstić information content (AvgIpc) is 2.48. The van der Waals surface area contributed by atoms with Gasteiger partial charge in [-0.1, -0.05) is 32.8 Å². The number of fused-ring (bicyclic) bond motifs is 1. The molecule has 5 atom stereocenters. The Morgan fingerprint density at radius 1 is 1.52 bits per heavy atom. The van der Waals surface area contributed by atoms with Gasteiger partial charge in [0.05, 0.1) is 5.60 Å². The Kier molecular flexibility index (Phi) is 5.41. The van der Waals surface area contributed by atoms with Crippen LogP contribution in [0.2, 0.25) is 0 Å². The minimum atomic E-state index is -0.830. The van der Waals surface area contributed by atoms with E-state index in [2.05, 4.69) is 32.8 Å². The van der Waals surface area contributed by atoms with Gasteiger partial charge in [0, 0.05) is 12.3 Å². The second-order valence-corrected chi connectivity index (χ2v) is 7.37. The summed E-state index contributed by atoms with van der Waals surface area (Å²) in [5.74, 6) is 3.51. The van der Waals surface area contributed by atoms with Crippen molar-refractivity contribution in [3.63, 3.8) is 0 Å². The first-order chi connectivity index (χ1) is 10.8. The number of carbonyl (C=O) groups is 1. The molecule has 1 N–H and O–H groups in total. The Labute approximate surface area is 139 Å². The summed E-state index contributed by atoms with van der Waals surface area (Å²) in [6.07, 6.45) is 8.52. The second-order valence-electron chi connectivity index (χ2n) is 7.37. The maximum atomic E-state index is 11.7. The maximum Gasteiger partial charge on any atom is 0.509 e. The van der Waals surface area contributed by atoms with E-state index in [1.54, 1.807) is 0 Å². The van der Waals surface area contributed by atoms with Crippen LogP contribution in [-0.4, -0.2) is 29.6 Å². The van der Waals surface area contributed by atoms with Crippen molar-refractivity contribution in [1.82, 2.24) is 0 Å². The standard InChI is InChI=1S/C19H28O4/c1-6-9-22-18(20)23-17-11-19(21)14(5)7-8-15(12(2)3)16(19)10-13(17)4/h1,10,12,14-17,21H,7-9,11H2,2-5H3/t14-,15+,16-,17-,19-/m1/s1. The molecule has 23 heavy (non-hydrogen) atoms. The third-order valence-electron chi connectivity index (χ3n) is 5.66. The molecule has 4 nitrogen and oxygen atoms in total. The van der Waals surface area contributed by atoms with Gasteiger partial charge in [0.2, 0.25) is 0 Å². The molecule has 4 heteroatoms. The van der Waals surface area contributed by atoms with Crippen molar-refractivity contribution < 1.29 is 19.4 Å². The molecule has 0 aromatic carbocycles. The van der Waals surface area contributed by atoms with Crippen LogP contribution in [-0.2, 0) is 9.47 Å². The van der Waals surface area contributed by atoms with E-state index in [9.17, 15) is 9.90 Å². The van der Waals surface area contributed by atoms with Crippen molar-refractivity contribution in [3.8, 4) is 12.3 Å². The van der Waals surface area contributed by atoms with E-state index < -0.39 is 17.9 Å². The molecule has 0 unspecified atom stereocenters. The van der Waals surface area contributed by atoms with Crippen molar-refractivity contribution >= 4 is 6.16 Å². The molecular weight excluding hydrogens is 292 g/mol. The fourth-order valence-corrected chi connectivity index (χ4v) is 4.16. The highest BCUT2D eigenvalue weighted by molar-refractivity contribution is 5.61. The monoisotopic (exact) mass is 320 g/mol. The van der Waals surface area contributed by atoms with Gasteiger partial charge in [0.15, 0.2) is 6.61 Å². The van der Waals surface area contributed by atoms with Crippen LogP contribution in [0.25, 0.3) is 0 Å². The molecule has 1 fully saturated rings. The summed E-state index contributed by atoms with van der Waals surface area (Å²) < 4.78 is 10.2. The minimum Gasteiger partial charge on any atom is -0.426 e. The van der Waals surface area contributed by atoms with E-state index in [4.69, 9.17) is 15.9 Å². The lowest BCUT2D eigenvalue weighted by Gasteiger charge is -2.52. The van der Waals surface area contributed by atoms with Crippen molar-refractivity contribution in [2.75, 3.05) is 6.61 Å². The first-order valence-corrected chi connectivity index (χ1v) is 8.47. The summed E-state index contributed by atoms with van der Waals surface area (Å²) in [5.41, 5.74) is 0.154. The van der Waals surface area contributed by atoms with Crippen LogP contribution in [0.3, 0.4) is 0 Å². The number of ether oxygens (including phenoxy) is 2. The van der Waals surface area contributed by atoms with Crippen molar-refractivity contribution in [2.24, 2.45) is 23.7 Å². The quantitative estimate of drug-likeness (QED) is 0.491. The molecule has 0 bridgehead atoms. The van der Waals surface area contributed by atoms with Gasteiger partial charge in [-0.25, -0.2) is 4.79 Å². The number of hydrogen-bond donors (Lipinski definition) is 1. The number of terminal acetylenes is 1. The van der Waals surface area contributed by atoms with E-state index in [0.29, 0.717) is 18.3 Å². The molecule has 0 aliphatic heterocycles. The normalized spacial score (nSPS) is 36.7. The van der Waals surface area contributed by atoms with Gasteiger partial charge in [-0.15, -0.1) is 6.42 Å². The van der Waals surface area contributed by atoms with Crippen LogP contribution in [0.5, 0.6) is 0 Å². The molecule has 0 heterocycles. The Bertz CT molecular complexity index is 516. The van der Waals surface area contributed by atoms with Crippen molar-refractivity contribution in [1.29, 1.82) is 0 Å². The largest absolute Gasteiger partial charge is 0.509 e. The first-order valence-electron chi connectivity index (χ1n) is 8.47. The fourth-order valence-electron chi connectivity index (χ4n) is 4.16. The molecule has 0 aromatic rings. The minimum absolute atomic E-state index is 0.104. The molecule has 0 radical (unpaired) electrons. The maximum absolute atomic E-state index is 11.7. The van der Waals surface area contributed by atoms with Crippen molar-refractivity contribution in [3.05, 3.63) is 11.6 Å². The van der Waals surface area contributed by atoms with E-state index in [1.807, 2.05) is 6.92 Å². The summed E-state index contributed by atoms with van der Waals surface area (Å²) >= 11 is 0. The smallest absolute Gasteiger partial charge is 0.426 e. The van der Waals surface area contributed by atoms with Crippen LogP contribution >= 0.6 is 0 Å². The van der Waals surface area contributed by atoms with E-state index in [1.165, 1.54) is 0 Å². The Balaban J connectivity index is 2.20. The zero-order valence-corrected chi connectivity index (χ0v) is 14.5. The summed E-state index contributed by atoms with van der Waals surface area (Å²) in [6.45, 7) is 8.36. The van der Waals surface area contributed by atoms with E-state index in [0.717, 1.165) is 18.4 Å². The molecule has 0 spiro atoms. The summed E-state index contributed by atoms with van der Waals surface area (Å²) in [7, 11) is 0. The van der Waals surface area contributed by atoms with Crippen LogP contribution in [0.4, 0.5) is 4.79 Å². The lowest BCUT2D eigenvalue weighted by molar-refractivity contribution is -0.132. The molecule has 0 amide bonds. The lowest BCUT2D eigenvalue weighted by atomic mass is 9.57. The third kappa shape index (κ3) is 3.55. The average molecular weight is 320 g/mol. The molecule has 0 aromatic heterocycles. The fraction of sp³-hybridized carbons (Fsp3) is 0.737. The summed E-state index contributed by atoms with van der Waals surface area (Å²) in [4.78, 5) is 11.7. The van der Waals surface area contributed by atoms with Gasteiger partial charge in [-0.05, 0) is 43.1 Å². The van der Waals surface area contributed by atoms with Gasteiger partial charge >= 0.3 is 6.16 Å². The zero-order chi connectivity index (χ0) is 17.2.